The number of anilines is 1. The van der Waals surface area contributed by atoms with Gasteiger partial charge in [0.1, 0.15) is 0 Å². The SMILES string of the molecule is CC(C)(C)c1noc(C2CC(=O)N(c3ccccc3)C2)n1. The first-order chi connectivity index (χ1) is 9.95. The number of para-hydroxylation sites is 1. The molecule has 1 aromatic heterocycles. The molecule has 0 saturated carbocycles. The lowest BCUT2D eigenvalue weighted by atomic mass is 9.96. The highest BCUT2D eigenvalue weighted by Gasteiger charge is 2.35. The van der Waals surface area contributed by atoms with E-state index in [1.54, 1.807) is 4.90 Å². The van der Waals surface area contributed by atoms with Gasteiger partial charge in [0.2, 0.25) is 11.8 Å². The number of nitrogens with zero attached hydrogens (tertiary/aromatic N) is 3. The van der Waals surface area contributed by atoms with Gasteiger partial charge in [-0.25, -0.2) is 0 Å². The van der Waals surface area contributed by atoms with Gasteiger partial charge in [0.15, 0.2) is 5.82 Å². The minimum Gasteiger partial charge on any atom is -0.339 e. The van der Waals surface area contributed by atoms with Crippen molar-refractivity contribution in [3.63, 3.8) is 0 Å². The first kappa shape index (κ1) is 13.8. The Hall–Kier alpha value is -2.17. The van der Waals surface area contributed by atoms with Crippen LogP contribution in [0.4, 0.5) is 5.69 Å². The van der Waals surface area contributed by atoms with Gasteiger partial charge in [0, 0.05) is 24.1 Å². The molecule has 0 radical (unpaired) electrons. The van der Waals surface area contributed by atoms with Crippen molar-refractivity contribution in [2.45, 2.75) is 38.5 Å². The molecule has 2 aromatic rings. The van der Waals surface area contributed by atoms with Crippen LogP contribution in [0.15, 0.2) is 34.9 Å². The average Bonchev–Trinajstić information content (AvgIpc) is 3.05. The zero-order valence-electron chi connectivity index (χ0n) is 12.5. The van der Waals surface area contributed by atoms with Gasteiger partial charge in [-0.3, -0.25) is 4.79 Å². The van der Waals surface area contributed by atoms with Crippen LogP contribution >= 0.6 is 0 Å². The van der Waals surface area contributed by atoms with Gasteiger partial charge in [-0.05, 0) is 12.1 Å². The smallest absolute Gasteiger partial charge is 0.232 e. The Morgan fingerprint density at radius 2 is 1.95 bits per heavy atom. The van der Waals surface area contributed by atoms with E-state index in [9.17, 15) is 4.79 Å². The Morgan fingerprint density at radius 1 is 1.24 bits per heavy atom. The summed E-state index contributed by atoms with van der Waals surface area (Å²) in [6.45, 7) is 6.71. The van der Waals surface area contributed by atoms with Gasteiger partial charge < -0.3 is 9.42 Å². The maximum absolute atomic E-state index is 12.2. The number of aromatic nitrogens is 2. The highest BCUT2D eigenvalue weighted by atomic mass is 16.5. The molecule has 1 saturated heterocycles. The van der Waals surface area contributed by atoms with Crippen LogP contribution in [-0.2, 0) is 10.2 Å². The fourth-order valence-corrected chi connectivity index (χ4v) is 2.44. The quantitative estimate of drug-likeness (QED) is 0.851. The van der Waals surface area contributed by atoms with E-state index in [2.05, 4.69) is 10.1 Å². The summed E-state index contributed by atoms with van der Waals surface area (Å²) in [5.41, 5.74) is 0.768. The molecular weight excluding hydrogens is 266 g/mol. The Balaban J connectivity index is 1.80. The summed E-state index contributed by atoms with van der Waals surface area (Å²) < 4.78 is 5.37. The van der Waals surface area contributed by atoms with Crippen molar-refractivity contribution in [1.29, 1.82) is 0 Å². The molecule has 1 fully saturated rings. The highest BCUT2D eigenvalue weighted by molar-refractivity contribution is 5.96. The third kappa shape index (κ3) is 2.68. The molecule has 0 N–H and O–H groups in total. The highest BCUT2D eigenvalue weighted by Crippen LogP contribution is 2.31. The van der Waals surface area contributed by atoms with Gasteiger partial charge in [0.25, 0.3) is 0 Å². The molecule has 21 heavy (non-hydrogen) atoms. The summed E-state index contributed by atoms with van der Waals surface area (Å²) in [5.74, 6) is 1.32. The second kappa shape index (κ2) is 4.98. The van der Waals surface area contributed by atoms with Crippen LogP contribution < -0.4 is 4.90 Å². The minimum absolute atomic E-state index is 0.0266. The summed E-state index contributed by atoms with van der Waals surface area (Å²) in [6.07, 6.45) is 0.417. The van der Waals surface area contributed by atoms with E-state index >= 15 is 0 Å². The maximum Gasteiger partial charge on any atom is 0.232 e. The summed E-state index contributed by atoms with van der Waals surface area (Å²) in [5, 5.41) is 4.04. The molecule has 0 bridgehead atoms. The van der Waals surface area contributed by atoms with E-state index < -0.39 is 0 Å². The number of hydrogen-bond donors (Lipinski definition) is 0. The number of carbonyl (C=O) groups excluding carboxylic acids is 1. The van der Waals surface area contributed by atoms with Crippen LogP contribution in [0.3, 0.4) is 0 Å². The van der Waals surface area contributed by atoms with Gasteiger partial charge in [-0.15, -0.1) is 0 Å². The van der Waals surface area contributed by atoms with Crippen LogP contribution in [0.25, 0.3) is 0 Å². The molecule has 110 valence electrons. The average molecular weight is 285 g/mol. The molecule has 1 aliphatic heterocycles. The molecule has 1 amide bonds. The lowest BCUT2D eigenvalue weighted by Crippen LogP contribution is -2.24. The van der Waals surface area contributed by atoms with Gasteiger partial charge in [-0.2, -0.15) is 4.98 Å². The van der Waals surface area contributed by atoms with Crippen LogP contribution in [0, 0.1) is 0 Å². The van der Waals surface area contributed by atoms with Crippen molar-refractivity contribution < 1.29 is 9.32 Å². The van der Waals surface area contributed by atoms with E-state index in [4.69, 9.17) is 4.52 Å². The standard InChI is InChI=1S/C16H19N3O2/c1-16(2,3)15-17-14(21-18-15)11-9-13(20)19(10-11)12-7-5-4-6-8-12/h4-8,11H,9-10H2,1-3H3. The predicted octanol–water partition coefficient (Wildman–Crippen LogP) is 2.89. The fraction of sp³-hybridized carbons (Fsp3) is 0.438. The maximum atomic E-state index is 12.2. The molecule has 1 aliphatic rings. The van der Waals surface area contributed by atoms with E-state index in [1.165, 1.54) is 0 Å². The van der Waals surface area contributed by atoms with E-state index in [1.807, 2.05) is 51.1 Å². The molecule has 0 aliphatic carbocycles. The topological polar surface area (TPSA) is 59.2 Å². The second-order valence-corrected chi connectivity index (χ2v) is 6.45. The number of benzene rings is 1. The van der Waals surface area contributed by atoms with E-state index in [-0.39, 0.29) is 17.2 Å². The first-order valence-corrected chi connectivity index (χ1v) is 7.14. The molecule has 1 unspecified atom stereocenters. The van der Waals surface area contributed by atoms with Gasteiger partial charge in [-0.1, -0.05) is 44.1 Å². The fourth-order valence-electron chi connectivity index (χ4n) is 2.44. The van der Waals surface area contributed by atoms with Crippen molar-refractivity contribution in [3.8, 4) is 0 Å². The predicted molar refractivity (Wildman–Crippen MR) is 79.2 cm³/mol. The van der Waals surface area contributed by atoms with Crippen LogP contribution in [0.5, 0.6) is 0 Å². The summed E-state index contributed by atoms with van der Waals surface area (Å²) in [4.78, 5) is 18.5. The molecule has 1 atom stereocenters. The third-order valence-electron chi connectivity index (χ3n) is 3.65. The Bertz CT molecular complexity index is 643. The normalized spacial score (nSPS) is 19.3. The van der Waals surface area contributed by atoms with E-state index in [0.29, 0.717) is 24.7 Å². The van der Waals surface area contributed by atoms with Crippen molar-refractivity contribution in [3.05, 3.63) is 42.0 Å². The third-order valence-corrected chi connectivity index (χ3v) is 3.65. The van der Waals surface area contributed by atoms with Gasteiger partial charge >= 0.3 is 0 Å². The molecule has 5 nitrogen and oxygen atoms in total. The number of rotatable bonds is 2. The van der Waals surface area contributed by atoms with Crippen molar-refractivity contribution in [2.75, 3.05) is 11.4 Å². The lowest BCUT2D eigenvalue weighted by molar-refractivity contribution is -0.117. The summed E-state index contributed by atoms with van der Waals surface area (Å²) >= 11 is 0. The zero-order chi connectivity index (χ0) is 15.0. The number of amides is 1. The van der Waals surface area contributed by atoms with Crippen LogP contribution in [0.1, 0.15) is 44.8 Å². The Labute approximate surface area is 124 Å². The van der Waals surface area contributed by atoms with Gasteiger partial charge in [0.05, 0.1) is 5.92 Å². The Morgan fingerprint density at radius 3 is 2.57 bits per heavy atom. The molecule has 2 heterocycles. The molecule has 3 rings (SSSR count). The second-order valence-electron chi connectivity index (χ2n) is 6.45. The summed E-state index contributed by atoms with van der Waals surface area (Å²) in [7, 11) is 0. The first-order valence-electron chi connectivity index (χ1n) is 7.14. The molecule has 1 aromatic carbocycles. The minimum atomic E-state index is -0.149. The monoisotopic (exact) mass is 285 g/mol. The number of hydrogen-bond acceptors (Lipinski definition) is 4. The van der Waals surface area contributed by atoms with Crippen LogP contribution in [0.2, 0.25) is 0 Å². The zero-order valence-corrected chi connectivity index (χ0v) is 12.5. The van der Waals surface area contributed by atoms with Crippen molar-refractivity contribution in [2.24, 2.45) is 0 Å². The molecule has 0 spiro atoms. The van der Waals surface area contributed by atoms with E-state index in [0.717, 1.165) is 5.69 Å². The van der Waals surface area contributed by atoms with Crippen LogP contribution in [-0.4, -0.2) is 22.6 Å². The Kier molecular flexibility index (Phi) is 3.27. The molecule has 5 heteroatoms. The van der Waals surface area contributed by atoms with Crippen molar-refractivity contribution >= 4 is 11.6 Å². The van der Waals surface area contributed by atoms with Crippen molar-refractivity contribution in [1.82, 2.24) is 10.1 Å². The number of carbonyl (C=O) groups is 1. The largest absolute Gasteiger partial charge is 0.339 e. The lowest BCUT2D eigenvalue weighted by Gasteiger charge is -2.15. The molecular formula is C16H19N3O2. The summed E-state index contributed by atoms with van der Waals surface area (Å²) in [6, 6.07) is 9.68.